The summed E-state index contributed by atoms with van der Waals surface area (Å²) in [6, 6.07) is 10.5. The maximum absolute atomic E-state index is 12.1. The molecule has 6 nitrogen and oxygen atoms in total. The van der Waals surface area contributed by atoms with Crippen LogP contribution in [0.15, 0.2) is 36.4 Å². The van der Waals surface area contributed by atoms with Crippen LogP contribution in [0, 0.1) is 5.92 Å². The lowest BCUT2D eigenvalue weighted by Gasteiger charge is -2.19. The number of aliphatic hydroxyl groups is 1. The average molecular weight is 344 g/mol. The second-order valence-electron chi connectivity index (χ2n) is 6.43. The fraction of sp³-hybridized carbons (Fsp3) is 0.421. The van der Waals surface area contributed by atoms with Crippen molar-refractivity contribution in [1.29, 1.82) is 0 Å². The number of ether oxygens (including phenoxy) is 1. The molecule has 2 atom stereocenters. The molecule has 0 unspecified atom stereocenters. The number of hydrogen-bond donors (Lipinski definition) is 2. The minimum Gasteiger partial charge on any atom is -0.467 e. The number of benzene rings is 1. The van der Waals surface area contributed by atoms with E-state index in [-0.39, 0.29) is 12.3 Å². The third-order valence-electron chi connectivity index (χ3n) is 3.87. The van der Waals surface area contributed by atoms with Crippen LogP contribution in [0.5, 0.6) is 0 Å². The van der Waals surface area contributed by atoms with Gasteiger partial charge in [0.2, 0.25) is 5.91 Å². The van der Waals surface area contributed by atoms with Gasteiger partial charge in [0.05, 0.1) is 12.6 Å². The minimum absolute atomic E-state index is 0.166. The van der Waals surface area contributed by atoms with Crippen molar-refractivity contribution in [2.75, 3.05) is 7.11 Å². The Kier molecular flexibility index (Phi) is 6.47. The van der Waals surface area contributed by atoms with E-state index in [4.69, 9.17) is 4.74 Å². The number of hydrogen-bond acceptors (Lipinski definition) is 5. The van der Waals surface area contributed by atoms with E-state index in [1.165, 1.54) is 7.11 Å². The summed E-state index contributed by atoms with van der Waals surface area (Å²) in [5.74, 6) is -0.982. The maximum Gasteiger partial charge on any atom is 0.328 e. The topological polar surface area (TPSA) is 88.5 Å². The van der Waals surface area contributed by atoms with Gasteiger partial charge in [0.15, 0.2) is 0 Å². The number of amides is 1. The lowest BCUT2D eigenvalue weighted by molar-refractivity contribution is -0.146. The van der Waals surface area contributed by atoms with Crippen molar-refractivity contribution in [2.24, 2.45) is 5.92 Å². The molecule has 1 aromatic carbocycles. The molecule has 0 saturated carbocycles. The van der Waals surface area contributed by atoms with E-state index in [1.54, 1.807) is 0 Å². The van der Waals surface area contributed by atoms with E-state index in [9.17, 15) is 14.7 Å². The molecule has 0 fully saturated rings. The third kappa shape index (κ3) is 5.26. The number of rotatable bonds is 7. The predicted molar refractivity (Wildman–Crippen MR) is 94.9 cm³/mol. The van der Waals surface area contributed by atoms with Crippen LogP contribution in [-0.2, 0) is 20.7 Å². The molecule has 0 bridgehead atoms. The summed E-state index contributed by atoms with van der Waals surface area (Å²) >= 11 is 0. The zero-order valence-electron chi connectivity index (χ0n) is 14.7. The van der Waals surface area contributed by atoms with Crippen molar-refractivity contribution in [3.8, 4) is 0 Å². The largest absolute Gasteiger partial charge is 0.467 e. The molecular weight excluding hydrogens is 320 g/mol. The number of aromatic nitrogens is 1. The van der Waals surface area contributed by atoms with E-state index in [0.29, 0.717) is 12.1 Å². The Balaban J connectivity index is 2.13. The molecule has 6 heteroatoms. The first-order valence-electron chi connectivity index (χ1n) is 8.31. The van der Waals surface area contributed by atoms with Crippen LogP contribution in [-0.4, -0.2) is 41.2 Å². The van der Waals surface area contributed by atoms with E-state index in [1.807, 2.05) is 50.2 Å². The van der Waals surface area contributed by atoms with Gasteiger partial charge >= 0.3 is 5.97 Å². The highest BCUT2D eigenvalue weighted by atomic mass is 16.5. The van der Waals surface area contributed by atoms with Crippen LogP contribution in [0.1, 0.15) is 26.0 Å². The molecule has 1 heterocycles. The summed E-state index contributed by atoms with van der Waals surface area (Å²) in [6.07, 6.45) is -0.636. The monoisotopic (exact) mass is 344 g/mol. The number of methoxy groups -OCH3 is 1. The van der Waals surface area contributed by atoms with Crippen molar-refractivity contribution in [3.63, 3.8) is 0 Å². The van der Waals surface area contributed by atoms with Gasteiger partial charge < -0.3 is 15.2 Å². The first-order valence-corrected chi connectivity index (χ1v) is 8.31. The van der Waals surface area contributed by atoms with Gasteiger partial charge in [-0.25, -0.2) is 4.79 Å². The molecule has 0 aliphatic rings. The first-order chi connectivity index (χ1) is 11.9. The Bertz CT molecular complexity index is 745. The number of carbonyl (C=O) groups is 2. The van der Waals surface area contributed by atoms with Gasteiger partial charge in [-0.15, -0.1) is 0 Å². The molecule has 1 aromatic heterocycles. The van der Waals surface area contributed by atoms with Crippen LogP contribution in [0.3, 0.4) is 0 Å². The Hall–Kier alpha value is -2.47. The Morgan fingerprint density at radius 3 is 2.60 bits per heavy atom. The van der Waals surface area contributed by atoms with E-state index < -0.39 is 24.0 Å². The van der Waals surface area contributed by atoms with Crippen molar-refractivity contribution in [1.82, 2.24) is 10.3 Å². The van der Waals surface area contributed by atoms with Crippen molar-refractivity contribution in [3.05, 3.63) is 42.1 Å². The SMILES string of the molecule is COC(=O)[C@H](Cc1ccc2ccccc2n1)NC(=O)[C@H](O)CC(C)C. The van der Waals surface area contributed by atoms with E-state index >= 15 is 0 Å². The molecule has 0 spiro atoms. The number of carbonyl (C=O) groups excluding carboxylic acids is 2. The van der Waals surface area contributed by atoms with Crippen LogP contribution >= 0.6 is 0 Å². The summed E-state index contributed by atoms with van der Waals surface area (Å²) in [5, 5.41) is 13.5. The summed E-state index contributed by atoms with van der Waals surface area (Å²) in [4.78, 5) is 28.6. The molecule has 2 rings (SSSR count). The molecule has 2 N–H and O–H groups in total. The number of nitrogens with zero attached hydrogens (tertiary/aromatic N) is 1. The highest BCUT2D eigenvalue weighted by Crippen LogP contribution is 2.13. The van der Waals surface area contributed by atoms with Gasteiger partial charge in [-0.3, -0.25) is 9.78 Å². The fourth-order valence-electron chi connectivity index (χ4n) is 2.59. The Morgan fingerprint density at radius 1 is 1.20 bits per heavy atom. The highest BCUT2D eigenvalue weighted by molar-refractivity contribution is 5.87. The Morgan fingerprint density at radius 2 is 1.92 bits per heavy atom. The van der Waals surface area contributed by atoms with E-state index in [2.05, 4.69) is 10.3 Å². The minimum atomic E-state index is -1.16. The molecule has 25 heavy (non-hydrogen) atoms. The lowest BCUT2D eigenvalue weighted by atomic mass is 10.0. The molecule has 1 amide bonds. The van der Waals surface area contributed by atoms with Crippen LogP contribution in [0.4, 0.5) is 0 Å². The van der Waals surface area contributed by atoms with Crippen LogP contribution in [0.2, 0.25) is 0 Å². The number of pyridine rings is 1. The van der Waals surface area contributed by atoms with Crippen molar-refractivity contribution >= 4 is 22.8 Å². The van der Waals surface area contributed by atoms with Crippen molar-refractivity contribution < 1.29 is 19.4 Å². The number of esters is 1. The average Bonchev–Trinajstić information content (AvgIpc) is 2.59. The second-order valence-corrected chi connectivity index (χ2v) is 6.43. The fourth-order valence-corrected chi connectivity index (χ4v) is 2.59. The lowest BCUT2D eigenvalue weighted by Crippen LogP contribution is -2.47. The number of aliphatic hydroxyl groups excluding tert-OH is 1. The normalized spacial score (nSPS) is 13.5. The summed E-state index contributed by atoms with van der Waals surface area (Å²) < 4.78 is 4.77. The molecular formula is C19H24N2O4. The zero-order chi connectivity index (χ0) is 18.4. The molecule has 0 aliphatic carbocycles. The summed E-state index contributed by atoms with van der Waals surface area (Å²) in [5.41, 5.74) is 1.47. The van der Waals surface area contributed by atoms with Crippen LogP contribution < -0.4 is 5.32 Å². The Labute approximate surface area is 147 Å². The summed E-state index contributed by atoms with van der Waals surface area (Å²) in [7, 11) is 1.26. The number of nitrogens with one attached hydrogen (secondary N) is 1. The molecule has 0 aliphatic heterocycles. The first kappa shape index (κ1) is 18.9. The van der Waals surface area contributed by atoms with Gasteiger partial charge in [-0.1, -0.05) is 38.1 Å². The molecule has 0 radical (unpaired) electrons. The standard InChI is InChI=1S/C19H24N2O4/c1-12(2)10-17(22)18(23)21-16(19(24)25-3)11-14-9-8-13-6-4-5-7-15(13)20-14/h4-9,12,16-17,22H,10-11H2,1-3H3,(H,21,23)/t16-,17+/m0/s1. The molecule has 0 saturated heterocycles. The smallest absolute Gasteiger partial charge is 0.328 e. The van der Waals surface area contributed by atoms with Gasteiger partial charge in [0.25, 0.3) is 0 Å². The number of fused-ring (bicyclic) bond motifs is 1. The van der Waals surface area contributed by atoms with Gasteiger partial charge in [0.1, 0.15) is 12.1 Å². The quantitative estimate of drug-likeness (QED) is 0.748. The zero-order valence-corrected chi connectivity index (χ0v) is 14.7. The van der Waals surface area contributed by atoms with E-state index in [0.717, 1.165) is 10.9 Å². The number of para-hydroxylation sites is 1. The van der Waals surface area contributed by atoms with Crippen molar-refractivity contribution in [2.45, 2.75) is 38.8 Å². The summed E-state index contributed by atoms with van der Waals surface area (Å²) in [6.45, 7) is 3.82. The van der Waals surface area contributed by atoms with Gasteiger partial charge in [-0.2, -0.15) is 0 Å². The second kappa shape index (κ2) is 8.58. The maximum atomic E-state index is 12.1. The molecule has 134 valence electrons. The molecule has 2 aromatic rings. The third-order valence-corrected chi connectivity index (χ3v) is 3.87. The predicted octanol–water partition coefficient (Wildman–Crippen LogP) is 1.84. The van der Waals surface area contributed by atoms with Gasteiger partial charge in [0, 0.05) is 17.5 Å². The highest BCUT2D eigenvalue weighted by Gasteiger charge is 2.26. The van der Waals surface area contributed by atoms with Crippen LogP contribution in [0.25, 0.3) is 10.9 Å². The van der Waals surface area contributed by atoms with Gasteiger partial charge in [-0.05, 0) is 24.5 Å².